The lowest BCUT2D eigenvalue weighted by Crippen LogP contribution is -2.39. The Morgan fingerprint density at radius 3 is 2.34 bits per heavy atom. The first-order chi connectivity index (χ1) is 19.8. The molecule has 0 amide bonds. The molecule has 1 aliphatic rings. The minimum Gasteiger partial charge on any atom is -0.489 e. The summed E-state index contributed by atoms with van der Waals surface area (Å²) in [6, 6.07) is 14.4. The zero-order valence-electron chi connectivity index (χ0n) is 23.2. The van der Waals surface area contributed by atoms with E-state index in [-0.39, 0.29) is 22.4 Å². The number of anilines is 1. The lowest BCUT2D eigenvalue weighted by molar-refractivity contribution is 0.171. The van der Waals surface area contributed by atoms with Gasteiger partial charge in [-0.1, -0.05) is 50.6 Å². The van der Waals surface area contributed by atoms with E-state index < -0.39 is 21.2 Å². The van der Waals surface area contributed by atoms with E-state index in [0.29, 0.717) is 30.4 Å². The summed E-state index contributed by atoms with van der Waals surface area (Å²) in [6.45, 7) is 5.06. The molecule has 0 unspecified atom stereocenters. The molecule has 0 bridgehead atoms. The number of hydrogen-bond donors (Lipinski definition) is 0. The van der Waals surface area contributed by atoms with Crippen LogP contribution in [0.5, 0.6) is 5.75 Å². The summed E-state index contributed by atoms with van der Waals surface area (Å²) in [7, 11) is -3.59. The van der Waals surface area contributed by atoms with Gasteiger partial charge in [-0.05, 0) is 35.7 Å². The molecule has 1 fully saturated rings. The Labute approximate surface area is 239 Å². The molecule has 5 rings (SSSR count). The summed E-state index contributed by atoms with van der Waals surface area (Å²) in [6.07, 6.45) is 8.64. The number of hydrogen-bond acceptors (Lipinski definition) is 7. The number of rotatable bonds is 9. The van der Waals surface area contributed by atoms with Gasteiger partial charge in [-0.15, -0.1) is 0 Å². The van der Waals surface area contributed by atoms with E-state index >= 15 is 4.39 Å². The van der Waals surface area contributed by atoms with E-state index in [0.717, 1.165) is 42.9 Å². The van der Waals surface area contributed by atoms with Crippen LogP contribution >= 0.6 is 0 Å². The minimum atomic E-state index is -3.59. The summed E-state index contributed by atoms with van der Waals surface area (Å²) in [5.41, 5.74) is 2.04. The number of benzene rings is 2. The second kappa shape index (κ2) is 12.2. The van der Waals surface area contributed by atoms with E-state index in [1.165, 1.54) is 29.7 Å². The second-order valence-electron chi connectivity index (χ2n) is 10.1. The monoisotopic (exact) mass is 576 g/mol. The van der Waals surface area contributed by atoms with Crippen molar-refractivity contribution < 1.29 is 17.5 Å². The van der Waals surface area contributed by atoms with Gasteiger partial charge in [0.15, 0.2) is 9.84 Å². The van der Waals surface area contributed by atoms with Gasteiger partial charge in [0, 0.05) is 56.2 Å². The van der Waals surface area contributed by atoms with Gasteiger partial charge in [0.2, 0.25) is 5.95 Å². The quantitative estimate of drug-likeness (QED) is 0.269. The average Bonchev–Trinajstić information content (AvgIpc) is 2.99. The van der Waals surface area contributed by atoms with Crippen molar-refractivity contribution >= 4 is 15.8 Å². The van der Waals surface area contributed by atoms with Crippen molar-refractivity contribution in [3.8, 4) is 22.6 Å². The number of nitrogens with zero attached hydrogens (tertiary/aromatic N) is 4. The third kappa shape index (κ3) is 6.32. The fraction of sp³-hybridized carbons (Fsp3) is 0.323. The minimum absolute atomic E-state index is 0.0351. The molecule has 2 aromatic heterocycles. The Morgan fingerprint density at radius 2 is 1.71 bits per heavy atom. The third-order valence-corrected chi connectivity index (χ3v) is 9.00. The van der Waals surface area contributed by atoms with Crippen LogP contribution < -0.4 is 15.2 Å². The van der Waals surface area contributed by atoms with Crippen LogP contribution in [-0.2, 0) is 16.3 Å². The Morgan fingerprint density at radius 1 is 1.00 bits per heavy atom. The number of aryl methyl sites for hydroxylation is 1. The average molecular weight is 577 g/mol. The van der Waals surface area contributed by atoms with Gasteiger partial charge in [0.1, 0.15) is 17.7 Å². The normalized spacial score (nSPS) is 14.3. The molecule has 1 aliphatic heterocycles. The first kappa shape index (κ1) is 28.5. The lowest BCUT2D eigenvalue weighted by atomic mass is 10.1. The number of ether oxygens (including phenoxy) is 1. The molecule has 8 nitrogen and oxygen atoms in total. The zero-order valence-corrected chi connectivity index (χ0v) is 24.0. The van der Waals surface area contributed by atoms with Gasteiger partial charge in [-0.3, -0.25) is 9.36 Å². The smallest absolute Gasteiger partial charge is 0.258 e. The number of piperidine rings is 1. The fourth-order valence-electron chi connectivity index (χ4n) is 4.96. The molecule has 214 valence electrons. The zero-order chi connectivity index (χ0) is 29.0. The van der Waals surface area contributed by atoms with E-state index in [4.69, 9.17) is 4.74 Å². The Bertz CT molecular complexity index is 1670. The van der Waals surface area contributed by atoms with Gasteiger partial charge in [-0.2, -0.15) is 0 Å². The molecule has 0 aliphatic carbocycles. The Balaban J connectivity index is 1.40. The van der Waals surface area contributed by atoms with Gasteiger partial charge < -0.3 is 9.64 Å². The first-order valence-corrected chi connectivity index (χ1v) is 15.5. The predicted octanol–water partition coefficient (Wildman–Crippen LogP) is 5.23. The van der Waals surface area contributed by atoms with Crippen LogP contribution in [0.4, 0.5) is 10.3 Å². The molecule has 3 heterocycles. The van der Waals surface area contributed by atoms with E-state index in [2.05, 4.69) is 21.8 Å². The highest BCUT2D eigenvalue weighted by Crippen LogP contribution is 2.32. The molecule has 0 saturated carbocycles. The second-order valence-corrected chi connectivity index (χ2v) is 12.4. The Kier molecular flexibility index (Phi) is 8.49. The molecular formula is C31H33FN4O4S. The number of pyridine rings is 1. The molecular weight excluding hydrogens is 543 g/mol. The molecule has 41 heavy (non-hydrogen) atoms. The highest BCUT2D eigenvalue weighted by Gasteiger charge is 2.24. The highest BCUT2D eigenvalue weighted by molar-refractivity contribution is 7.91. The summed E-state index contributed by atoms with van der Waals surface area (Å²) in [5, 5.41) is 0. The van der Waals surface area contributed by atoms with Gasteiger partial charge in [0.05, 0.1) is 16.3 Å². The van der Waals surface area contributed by atoms with Crippen LogP contribution in [0.3, 0.4) is 0 Å². The van der Waals surface area contributed by atoms with Crippen molar-refractivity contribution in [2.24, 2.45) is 0 Å². The maximum absolute atomic E-state index is 15.2. The van der Waals surface area contributed by atoms with E-state index in [1.807, 2.05) is 42.7 Å². The molecule has 4 aromatic rings. The SMILES string of the molecule is CCCc1cnc(N2CCC(Oc3cc(=O)n(-c4ccc(S(=O)(=O)CC)cc4F)cc3-c3ccccc3)CC2)nc1. The van der Waals surface area contributed by atoms with Gasteiger partial charge in [-0.25, -0.2) is 22.8 Å². The van der Waals surface area contributed by atoms with Crippen LogP contribution in [0.1, 0.15) is 38.7 Å². The first-order valence-electron chi connectivity index (χ1n) is 13.9. The summed E-state index contributed by atoms with van der Waals surface area (Å²) in [4.78, 5) is 24.3. The van der Waals surface area contributed by atoms with Crippen molar-refractivity contribution in [2.75, 3.05) is 23.7 Å². The maximum Gasteiger partial charge on any atom is 0.258 e. The number of sulfone groups is 1. The van der Waals surface area contributed by atoms with Crippen LogP contribution in [0.15, 0.2) is 82.9 Å². The molecule has 2 aromatic carbocycles. The molecule has 10 heteroatoms. The summed E-state index contributed by atoms with van der Waals surface area (Å²) in [5.74, 6) is 0.177. The molecule has 0 atom stereocenters. The topological polar surface area (TPSA) is 94.4 Å². The van der Waals surface area contributed by atoms with Crippen molar-refractivity contribution in [3.05, 3.63) is 94.9 Å². The van der Waals surface area contributed by atoms with Crippen molar-refractivity contribution in [1.82, 2.24) is 14.5 Å². The fourth-order valence-corrected chi connectivity index (χ4v) is 5.85. The van der Waals surface area contributed by atoms with E-state index in [9.17, 15) is 13.2 Å². The maximum atomic E-state index is 15.2. The largest absolute Gasteiger partial charge is 0.489 e. The Hall–Kier alpha value is -4.05. The molecule has 0 spiro atoms. The highest BCUT2D eigenvalue weighted by atomic mass is 32.2. The predicted molar refractivity (Wildman–Crippen MR) is 157 cm³/mol. The van der Waals surface area contributed by atoms with Gasteiger partial charge >= 0.3 is 0 Å². The molecule has 0 radical (unpaired) electrons. The van der Waals surface area contributed by atoms with E-state index in [1.54, 1.807) is 6.20 Å². The van der Waals surface area contributed by atoms with Crippen LogP contribution in [0.2, 0.25) is 0 Å². The molecule has 0 N–H and O–H groups in total. The number of halogens is 1. The van der Waals surface area contributed by atoms with Crippen LogP contribution in [-0.4, -0.2) is 47.9 Å². The van der Waals surface area contributed by atoms with Crippen molar-refractivity contribution in [3.63, 3.8) is 0 Å². The van der Waals surface area contributed by atoms with Crippen molar-refractivity contribution in [2.45, 2.75) is 50.5 Å². The van der Waals surface area contributed by atoms with Crippen molar-refractivity contribution in [1.29, 1.82) is 0 Å². The molecule has 1 saturated heterocycles. The lowest BCUT2D eigenvalue weighted by Gasteiger charge is -2.32. The summed E-state index contributed by atoms with van der Waals surface area (Å²) >= 11 is 0. The van der Waals surface area contributed by atoms with Crippen LogP contribution in [0.25, 0.3) is 16.8 Å². The summed E-state index contributed by atoms with van der Waals surface area (Å²) < 4.78 is 47.2. The van der Waals surface area contributed by atoms with Gasteiger partial charge in [0.25, 0.3) is 5.56 Å². The third-order valence-electron chi connectivity index (χ3n) is 7.27. The van der Waals surface area contributed by atoms with Crippen LogP contribution in [0, 0.1) is 5.82 Å². The number of aromatic nitrogens is 3. The standard InChI is InChI=1S/C31H33FN4O4S/c1-3-8-22-19-33-31(34-20-22)35-15-13-24(14-16-35)40-29-18-30(37)36(21-26(29)23-9-6-5-7-10-23)28-12-11-25(17-27(28)32)41(38,39)4-2/h5-7,9-12,17-21,24H,3-4,8,13-16H2,1-2H3.